The van der Waals surface area contributed by atoms with Crippen molar-refractivity contribution in [3.05, 3.63) is 240 Å². The molecule has 2 heteroatoms. The van der Waals surface area contributed by atoms with Gasteiger partial charge in [-0.25, -0.2) is 0 Å². The standard InChI is InChI=1S/C59H50N2/c1-41-20-37-59(45(5)38-41)61(53-31-23-49(24-32-53)47-17-10-7-11-18-47)55-35-27-51(28-36-55)57-40-43(3)56(39-44(57)4)50-25-33-54(34-26-50)60(58-19-13-12-14-42(58)2)52-29-21-48(22-30-52)46-15-8-6-9-16-46/h6-40H,1-5H3. The molecule has 0 spiro atoms. The summed E-state index contributed by atoms with van der Waals surface area (Å²) in [4.78, 5) is 4.73. The smallest absolute Gasteiger partial charge is 0.0490 e. The van der Waals surface area contributed by atoms with Gasteiger partial charge in [0, 0.05) is 34.1 Å². The Morgan fingerprint density at radius 1 is 0.246 bits per heavy atom. The number of benzene rings is 9. The van der Waals surface area contributed by atoms with Gasteiger partial charge < -0.3 is 9.80 Å². The van der Waals surface area contributed by atoms with Gasteiger partial charge in [0.1, 0.15) is 0 Å². The lowest BCUT2D eigenvalue weighted by Crippen LogP contribution is -2.11. The first-order valence-electron chi connectivity index (χ1n) is 21.2. The van der Waals surface area contributed by atoms with Gasteiger partial charge in [-0.2, -0.15) is 0 Å². The monoisotopic (exact) mass is 786 g/mol. The number of hydrogen-bond acceptors (Lipinski definition) is 2. The van der Waals surface area contributed by atoms with E-state index >= 15 is 0 Å². The van der Waals surface area contributed by atoms with E-state index in [-0.39, 0.29) is 0 Å². The predicted molar refractivity (Wildman–Crippen MR) is 261 cm³/mol. The molecule has 0 aromatic heterocycles. The highest BCUT2D eigenvalue weighted by molar-refractivity contribution is 5.84. The largest absolute Gasteiger partial charge is 0.310 e. The number of aryl methyl sites for hydroxylation is 5. The lowest BCUT2D eigenvalue weighted by molar-refractivity contribution is 1.24. The minimum atomic E-state index is 1.12. The van der Waals surface area contributed by atoms with Crippen LogP contribution in [0.25, 0.3) is 44.5 Å². The molecule has 0 unspecified atom stereocenters. The van der Waals surface area contributed by atoms with Crippen molar-refractivity contribution in [2.45, 2.75) is 34.6 Å². The van der Waals surface area contributed by atoms with Gasteiger partial charge in [-0.05, 0) is 162 Å². The van der Waals surface area contributed by atoms with Gasteiger partial charge >= 0.3 is 0 Å². The van der Waals surface area contributed by atoms with E-state index in [2.05, 4.69) is 257 Å². The second-order valence-corrected chi connectivity index (χ2v) is 16.1. The zero-order valence-corrected chi connectivity index (χ0v) is 35.6. The van der Waals surface area contributed by atoms with E-state index in [9.17, 15) is 0 Å². The molecule has 296 valence electrons. The Morgan fingerprint density at radius 3 is 0.984 bits per heavy atom. The quantitative estimate of drug-likeness (QED) is 0.136. The van der Waals surface area contributed by atoms with Crippen LogP contribution in [0.3, 0.4) is 0 Å². The molecule has 9 rings (SSSR count). The van der Waals surface area contributed by atoms with E-state index in [0.29, 0.717) is 0 Å². The van der Waals surface area contributed by atoms with Crippen molar-refractivity contribution in [1.29, 1.82) is 0 Å². The summed E-state index contributed by atoms with van der Waals surface area (Å²) >= 11 is 0. The summed E-state index contributed by atoms with van der Waals surface area (Å²) in [6.45, 7) is 11.0. The lowest BCUT2D eigenvalue weighted by Gasteiger charge is -2.28. The summed E-state index contributed by atoms with van der Waals surface area (Å²) in [7, 11) is 0. The first kappa shape index (κ1) is 39.1. The van der Waals surface area contributed by atoms with Gasteiger partial charge in [-0.1, -0.05) is 157 Å². The highest BCUT2D eigenvalue weighted by Gasteiger charge is 2.18. The molecule has 0 saturated carbocycles. The average molecular weight is 787 g/mol. The fraction of sp³-hybridized carbons (Fsp3) is 0.0847. The van der Waals surface area contributed by atoms with Crippen LogP contribution in [0.2, 0.25) is 0 Å². The van der Waals surface area contributed by atoms with Crippen LogP contribution in [0.5, 0.6) is 0 Å². The first-order chi connectivity index (χ1) is 29.8. The van der Waals surface area contributed by atoms with Crippen molar-refractivity contribution in [1.82, 2.24) is 0 Å². The normalized spacial score (nSPS) is 11.0. The maximum Gasteiger partial charge on any atom is 0.0490 e. The Labute approximate surface area is 361 Å². The Bertz CT molecular complexity index is 2910. The fourth-order valence-electron chi connectivity index (χ4n) is 8.61. The number of anilines is 6. The molecule has 0 aliphatic rings. The molecule has 0 aliphatic heterocycles. The lowest BCUT2D eigenvalue weighted by atomic mass is 9.91. The summed E-state index contributed by atoms with van der Waals surface area (Å²) in [6.07, 6.45) is 0. The van der Waals surface area contributed by atoms with E-state index < -0.39 is 0 Å². The second kappa shape index (κ2) is 17.0. The Hall–Kier alpha value is -7.42. The van der Waals surface area contributed by atoms with Crippen LogP contribution >= 0.6 is 0 Å². The van der Waals surface area contributed by atoms with E-state index in [4.69, 9.17) is 0 Å². The summed E-state index contributed by atoms with van der Waals surface area (Å²) in [5, 5.41) is 0. The van der Waals surface area contributed by atoms with Crippen molar-refractivity contribution in [2.75, 3.05) is 9.80 Å². The van der Waals surface area contributed by atoms with E-state index in [1.807, 2.05) is 0 Å². The predicted octanol–water partition coefficient (Wildman–Crippen LogP) is 16.8. The summed E-state index contributed by atoms with van der Waals surface area (Å²) in [5.41, 5.74) is 22.8. The molecule has 2 nitrogen and oxygen atoms in total. The molecule has 61 heavy (non-hydrogen) atoms. The molecule has 9 aromatic carbocycles. The van der Waals surface area contributed by atoms with E-state index in [1.54, 1.807) is 0 Å². The Morgan fingerprint density at radius 2 is 0.590 bits per heavy atom. The number of para-hydroxylation sites is 1. The topological polar surface area (TPSA) is 6.48 Å². The third kappa shape index (κ3) is 8.14. The van der Waals surface area contributed by atoms with Crippen molar-refractivity contribution >= 4 is 34.1 Å². The zero-order valence-electron chi connectivity index (χ0n) is 35.6. The van der Waals surface area contributed by atoms with Crippen LogP contribution in [-0.2, 0) is 0 Å². The van der Waals surface area contributed by atoms with Gasteiger partial charge in [0.15, 0.2) is 0 Å². The Kier molecular flexibility index (Phi) is 10.9. The van der Waals surface area contributed by atoms with Crippen molar-refractivity contribution in [2.24, 2.45) is 0 Å². The molecular weight excluding hydrogens is 737 g/mol. The summed E-state index contributed by atoms with van der Waals surface area (Å²) < 4.78 is 0. The zero-order chi connectivity index (χ0) is 41.9. The molecule has 0 fully saturated rings. The molecule has 0 amide bonds. The van der Waals surface area contributed by atoms with E-state index in [0.717, 1.165) is 22.7 Å². The minimum Gasteiger partial charge on any atom is -0.310 e. The van der Waals surface area contributed by atoms with Gasteiger partial charge in [0.05, 0.1) is 0 Å². The molecule has 9 aromatic rings. The van der Waals surface area contributed by atoms with E-state index in [1.165, 1.54) is 83.7 Å². The average Bonchev–Trinajstić information content (AvgIpc) is 3.30. The van der Waals surface area contributed by atoms with Crippen molar-refractivity contribution in [3.8, 4) is 44.5 Å². The van der Waals surface area contributed by atoms with Gasteiger partial charge in [0.25, 0.3) is 0 Å². The highest BCUT2D eigenvalue weighted by Crippen LogP contribution is 2.41. The molecular formula is C59H50N2. The summed E-state index contributed by atoms with van der Waals surface area (Å²) in [6, 6.07) is 77.1. The third-order valence-electron chi connectivity index (χ3n) is 11.9. The maximum atomic E-state index is 2.37. The second-order valence-electron chi connectivity index (χ2n) is 16.1. The van der Waals surface area contributed by atoms with Gasteiger partial charge in [0.2, 0.25) is 0 Å². The number of nitrogens with zero attached hydrogens (tertiary/aromatic N) is 2. The molecule has 0 atom stereocenters. The minimum absolute atomic E-state index is 1.12. The van der Waals surface area contributed by atoms with Crippen LogP contribution in [-0.4, -0.2) is 0 Å². The molecule has 0 radical (unpaired) electrons. The van der Waals surface area contributed by atoms with Crippen LogP contribution < -0.4 is 9.80 Å². The van der Waals surface area contributed by atoms with Gasteiger partial charge in [-0.15, -0.1) is 0 Å². The Balaban J connectivity index is 1.00. The fourth-order valence-corrected chi connectivity index (χ4v) is 8.61. The molecule has 0 aliphatic carbocycles. The van der Waals surface area contributed by atoms with Crippen LogP contribution in [0.4, 0.5) is 34.1 Å². The SMILES string of the molecule is Cc1ccc(N(c2ccc(-c3ccccc3)cc2)c2ccc(-c3cc(C)c(-c4ccc(N(c5ccc(-c6ccccc6)cc5)c5ccccc5C)cc4)cc3C)cc2)c(C)c1. The molecule has 0 saturated heterocycles. The molecule has 0 N–H and O–H groups in total. The number of hydrogen-bond donors (Lipinski definition) is 0. The van der Waals surface area contributed by atoms with Crippen molar-refractivity contribution in [3.63, 3.8) is 0 Å². The van der Waals surface area contributed by atoms with Crippen LogP contribution in [0, 0.1) is 34.6 Å². The van der Waals surface area contributed by atoms with Crippen molar-refractivity contribution < 1.29 is 0 Å². The molecule has 0 heterocycles. The number of rotatable bonds is 10. The van der Waals surface area contributed by atoms with Crippen LogP contribution in [0.15, 0.2) is 212 Å². The maximum absolute atomic E-state index is 2.37. The van der Waals surface area contributed by atoms with Crippen LogP contribution in [0.1, 0.15) is 27.8 Å². The molecule has 0 bridgehead atoms. The summed E-state index contributed by atoms with van der Waals surface area (Å²) in [5.74, 6) is 0. The van der Waals surface area contributed by atoms with Gasteiger partial charge in [-0.3, -0.25) is 0 Å². The third-order valence-corrected chi connectivity index (χ3v) is 11.9. The first-order valence-corrected chi connectivity index (χ1v) is 21.2. The highest BCUT2D eigenvalue weighted by atomic mass is 15.1.